The molecule has 0 aromatic heterocycles. The molecule has 0 fully saturated rings. The Morgan fingerprint density at radius 1 is 1.17 bits per heavy atom. The van der Waals surface area contributed by atoms with Crippen molar-refractivity contribution < 1.29 is 1.43 Å². The molecule has 0 unspecified atom stereocenters. The summed E-state index contributed by atoms with van der Waals surface area (Å²) < 4.78 is 0. The standard InChI is InChI=1S/C8H19NS.C2H6.H2/c1-7(2)9-5-6-10-8(3)4;1-2;/h7-9H,5-6H2,1-4H3;1-2H3;1H. The molecule has 0 aromatic carbocycles. The lowest BCUT2D eigenvalue weighted by atomic mass is 10.4. The van der Waals surface area contributed by atoms with Crippen molar-refractivity contribution in [2.75, 3.05) is 12.3 Å². The van der Waals surface area contributed by atoms with Crippen molar-refractivity contribution in [1.29, 1.82) is 0 Å². The summed E-state index contributed by atoms with van der Waals surface area (Å²) in [6, 6.07) is 0.632. The van der Waals surface area contributed by atoms with Crippen molar-refractivity contribution >= 4 is 11.8 Å². The van der Waals surface area contributed by atoms with Crippen molar-refractivity contribution in [3.05, 3.63) is 0 Å². The Morgan fingerprint density at radius 2 is 1.67 bits per heavy atom. The molecule has 0 saturated heterocycles. The van der Waals surface area contributed by atoms with Gasteiger partial charge in [0.05, 0.1) is 0 Å². The molecular weight excluding hydrogens is 166 g/mol. The van der Waals surface area contributed by atoms with Crippen LogP contribution in [0.25, 0.3) is 0 Å². The van der Waals surface area contributed by atoms with E-state index in [4.69, 9.17) is 0 Å². The van der Waals surface area contributed by atoms with Crippen LogP contribution in [0.15, 0.2) is 0 Å². The van der Waals surface area contributed by atoms with Gasteiger partial charge in [-0.05, 0) is 5.25 Å². The third-order valence-electron chi connectivity index (χ3n) is 1.11. The van der Waals surface area contributed by atoms with Gasteiger partial charge in [0.15, 0.2) is 0 Å². The monoisotopic (exact) mass is 193 g/mol. The average molecular weight is 193 g/mol. The molecule has 1 nitrogen and oxygen atoms in total. The summed E-state index contributed by atoms with van der Waals surface area (Å²) in [6.45, 7) is 14.0. The molecule has 0 aliphatic carbocycles. The average Bonchev–Trinajstić information content (AvgIpc) is 2.02. The lowest BCUT2D eigenvalue weighted by Crippen LogP contribution is -2.25. The Bertz CT molecular complexity index is 67.3. The van der Waals surface area contributed by atoms with Crippen LogP contribution in [0.3, 0.4) is 0 Å². The highest BCUT2D eigenvalue weighted by Crippen LogP contribution is 2.06. The summed E-state index contributed by atoms with van der Waals surface area (Å²) >= 11 is 2.01. The molecule has 0 rings (SSSR count). The molecule has 12 heavy (non-hydrogen) atoms. The summed E-state index contributed by atoms with van der Waals surface area (Å²) in [5, 5.41) is 4.15. The first-order valence-corrected chi connectivity index (χ1v) is 6.02. The molecule has 0 amide bonds. The Kier molecular flexibility index (Phi) is 14.0. The van der Waals surface area contributed by atoms with Gasteiger partial charge in [0.2, 0.25) is 0 Å². The molecule has 2 heteroatoms. The first-order valence-electron chi connectivity index (χ1n) is 4.98. The molecule has 0 bridgehead atoms. The Balaban J connectivity index is -0.000000309. The fraction of sp³-hybridized carbons (Fsp3) is 1.00. The smallest absolute Gasteiger partial charge is 0.00607 e. The molecular formula is C10H27NS. The Labute approximate surface area is 84.2 Å². The number of thioether (sulfide) groups is 1. The van der Waals surface area contributed by atoms with E-state index in [9.17, 15) is 0 Å². The van der Waals surface area contributed by atoms with E-state index in [1.54, 1.807) is 0 Å². The second-order valence-electron chi connectivity index (χ2n) is 3.03. The van der Waals surface area contributed by atoms with Crippen LogP contribution in [-0.2, 0) is 0 Å². The van der Waals surface area contributed by atoms with Crippen molar-refractivity contribution in [2.45, 2.75) is 52.8 Å². The summed E-state index contributed by atoms with van der Waals surface area (Å²) in [4.78, 5) is 0. The van der Waals surface area contributed by atoms with Crippen molar-refractivity contribution in [1.82, 2.24) is 5.32 Å². The first kappa shape index (κ1) is 14.8. The Hall–Kier alpha value is 0.310. The topological polar surface area (TPSA) is 12.0 Å². The van der Waals surface area contributed by atoms with Gasteiger partial charge in [0.25, 0.3) is 0 Å². The summed E-state index contributed by atoms with van der Waals surface area (Å²) in [6.07, 6.45) is 0. The Morgan fingerprint density at radius 3 is 2.00 bits per heavy atom. The van der Waals surface area contributed by atoms with Crippen LogP contribution in [0.4, 0.5) is 0 Å². The van der Waals surface area contributed by atoms with E-state index in [1.807, 2.05) is 25.6 Å². The van der Waals surface area contributed by atoms with Crippen LogP contribution >= 0.6 is 11.8 Å². The minimum Gasteiger partial charge on any atom is -0.314 e. The zero-order valence-corrected chi connectivity index (χ0v) is 10.3. The van der Waals surface area contributed by atoms with E-state index in [0.29, 0.717) is 6.04 Å². The van der Waals surface area contributed by atoms with Gasteiger partial charge in [0.1, 0.15) is 0 Å². The fourth-order valence-corrected chi connectivity index (χ4v) is 1.35. The number of hydrogen-bond acceptors (Lipinski definition) is 2. The van der Waals surface area contributed by atoms with E-state index in [2.05, 4.69) is 33.0 Å². The normalized spacial score (nSPS) is 10.0. The summed E-state index contributed by atoms with van der Waals surface area (Å²) in [5.74, 6) is 1.23. The lowest BCUT2D eigenvalue weighted by molar-refractivity contribution is 0.616. The maximum absolute atomic E-state index is 3.38. The van der Waals surface area contributed by atoms with Crippen LogP contribution in [0.2, 0.25) is 0 Å². The van der Waals surface area contributed by atoms with Gasteiger partial charge < -0.3 is 5.32 Å². The highest BCUT2D eigenvalue weighted by Gasteiger charge is 1.94. The fourth-order valence-electron chi connectivity index (χ4n) is 0.642. The van der Waals surface area contributed by atoms with E-state index in [0.717, 1.165) is 11.8 Å². The quantitative estimate of drug-likeness (QED) is 0.672. The molecule has 0 aromatic rings. The van der Waals surface area contributed by atoms with Crippen LogP contribution in [0.5, 0.6) is 0 Å². The molecule has 0 atom stereocenters. The predicted octanol–water partition coefficient (Wildman–Crippen LogP) is 3.40. The number of rotatable bonds is 5. The maximum atomic E-state index is 3.38. The van der Waals surface area contributed by atoms with Crippen LogP contribution < -0.4 is 5.32 Å². The molecule has 0 radical (unpaired) electrons. The van der Waals surface area contributed by atoms with E-state index in [1.165, 1.54) is 5.75 Å². The second kappa shape index (κ2) is 11.3. The van der Waals surface area contributed by atoms with Gasteiger partial charge in [-0.25, -0.2) is 0 Å². The van der Waals surface area contributed by atoms with E-state index >= 15 is 0 Å². The number of hydrogen-bond donors (Lipinski definition) is 1. The van der Waals surface area contributed by atoms with E-state index < -0.39 is 0 Å². The second-order valence-corrected chi connectivity index (χ2v) is 4.71. The highest BCUT2D eigenvalue weighted by atomic mass is 32.2. The molecule has 0 spiro atoms. The van der Waals surface area contributed by atoms with Gasteiger partial charge >= 0.3 is 0 Å². The molecule has 0 saturated carbocycles. The van der Waals surface area contributed by atoms with Crippen molar-refractivity contribution in [3.63, 3.8) is 0 Å². The lowest BCUT2D eigenvalue weighted by Gasteiger charge is -2.08. The minimum absolute atomic E-state index is 0. The summed E-state index contributed by atoms with van der Waals surface area (Å²) in [7, 11) is 0. The predicted molar refractivity (Wildman–Crippen MR) is 64.2 cm³/mol. The van der Waals surface area contributed by atoms with Crippen molar-refractivity contribution in [3.8, 4) is 0 Å². The molecule has 78 valence electrons. The number of nitrogens with one attached hydrogen (secondary N) is 1. The summed E-state index contributed by atoms with van der Waals surface area (Å²) in [5.41, 5.74) is 0. The van der Waals surface area contributed by atoms with Gasteiger partial charge in [-0.1, -0.05) is 41.5 Å². The van der Waals surface area contributed by atoms with Gasteiger partial charge in [0, 0.05) is 19.8 Å². The largest absolute Gasteiger partial charge is 0.314 e. The first-order chi connectivity index (χ1) is 5.63. The molecule has 1 N–H and O–H groups in total. The van der Waals surface area contributed by atoms with Crippen LogP contribution in [-0.4, -0.2) is 23.6 Å². The molecule has 0 aliphatic heterocycles. The van der Waals surface area contributed by atoms with Gasteiger partial charge in [-0.15, -0.1) is 0 Å². The van der Waals surface area contributed by atoms with Gasteiger partial charge in [-0.3, -0.25) is 0 Å². The van der Waals surface area contributed by atoms with E-state index in [-0.39, 0.29) is 1.43 Å². The zero-order chi connectivity index (χ0) is 9.98. The van der Waals surface area contributed by atoms with Crippen LogP contribution in [0, 0.1) is 0 Å². The molecule has 0 heterocycles. The third-order valence-corrected chi connectivity index (χ3v) is 2.21. The molecule has 0 aliphatic rings. The third kappa shape index (κ3) is 16.7. The van der Waals surface area contributed by atoms with Gasteiger partial charge in [-0.2, -0.15) is 11.8 Å². The van der Waals surface area contributed by atoms with Crippen molar-refractivity contribution in [2.24, 2.45) is 0 Å². The maximum Gasteiger partial charge on any atom is 0.00607 e. The zero-order valence-electron chi connectivity index (χ0n) is 9.48. The highest BCUT2D eigenvalue weighted by molar-refractivity contribution is 7.99. The SMILES string of the molecule is CC.CC(C)NCCSC(C)C.[HH]. The van der Waals surface area contributed by atoms with Crippen LogP contribution in [0.1, 0.15) is 43.0 Å². The minimum atomic E-state index is 0.